The monoisotopic (exact) mass is 451 g/mol. The summed E-state index contributed by atoms with van der Waals surface area (Å²) < 4.78 is 24.7. The summed E-state index contributed by atoms with van der Waals surface area (Å²) in [5.41, 5.74) is -0.852. The molecule has 0 bridgehead atoms. The van der Waals surface area contributed by atoms with Crippen LogP contribution in [0, 0.1) is 0 Å². The molecule has 0 saturated carbocycles. The van der Waals surface area contributed by atoms with Crippen LogP contribution in [0.4, 0.5) is 0 Å². The van der Waals surface area contributed by atoms with E-state index in [2.05, 4.69) is 10.1 Å². The molecule has 0 radical (unpaired) electrons. The quantitative estimate of drug-likeness (QED) is 0.506. The van der Waals surface area contributed by atoms with Gasteiger partial charge in [0.15, 0.2) is 0 Å². The van der Waals surface area contributed by atoms with E-state index in [4.69, 9.17) is 18.5 Å². The molecule has 3 rings (SSSR count). The largest absolute Gasteiger partial charge is 0.436 e. The van der Waals surface area contributed by atoms with Crippen molar-refractivity contribution >= 4 is 8.53 Å². The van der Waals surface area contributed by atoms with E-state index in [-0.39, 0.29) is 18.2 Å². The summed E-state index contributed by atoms with van der Waals surface area (Å²) in [5.74, 6) is 0.732. The van der Waals surface area contributed by atoms with Gasteiger partial charge in [-0.15, -0.1) is 0 Å². The zero-order valence-corrected chi connectivity index (χ0v) is 18.8. The highest BCUT2D eigenvalue weighted by atomic mass is 31.2. The second-order valence-electron chi connectivity index (χ2n) is 7.43. The van der Waals surface area contributed by atoms with Crippen molar-refractivity contribution in [3.8, 4) is 5.75 Å². The summed E-state index contributed by atoms with van der Waals surface area (Å²) in [6.07, 6.45) is 3.58. The van der Waals surface area contributed by atoms with Crippen LogP contribution in [0.2, 0.25) is 0 Å². The van der Waals surface area contributed by atoms with Crippen LogP contribution in [-0.4, -0.2) is 48.6 Å². The third kappa shape index (κ3) is 7.55. The highest BCUT2D eigenvalue weighted by Gasteiger charge is 2.24. The fraction of sp³-hybridized carbons (Fsp3) is 0.524. The van der Waals surface area contributed by atoms with Crippen LogP contribution in [0.5, 0.6) is 5.75 Å². The van der Waals surface area contributed by atoms with Crippen molar-refractivity contribution in [3.05, 3.63) is 63.4 Å². The predicted molar refractivity (Wildman–Crippen MR) is 118 cm³/mol. The number of nitrogens with one attached hydrogen (secondary N) is 2. The van der Waals surface area contributed by atoms with Gasteiger partial charge in [-0.3, -0.25) is 14.3 Å². The molecule has 10 heteroatoms. The van der Waals surface area contributed by atoms with E-state index in [1.54, 1.807) is 7.11 Å². The van der Waals surface area contributed by atoms with Crippen LogP contribution in [0.1, 0.15) is 32.2 Å². The lowest BCUT2D eigenvalue weighted by atomic mass is 10.1. The molecular formula is C21H30N3O6P. The van der Waals surface area contributed by atoms with Crippen molar-refractivity contribution in [2.45, 2.75) is 44.4 Å². The van der Waals surface area contributed by atoms with Crippen molar-refractivity contribution in [2.24, 2.45) is 0 Å². The van der Waals surface area contributed by atoms with Crippen LogP contribution in [0.25, 0.3) is 0 Å². The standard InChI is InChI=1S/C21H30N3O6P/c1-16(24-11-8-20(25)22-21(24)26)14-19(27-2)15-29-31(23-17-9-12-28-13-10-17)30-18-6-4-3-5-7-18/h3-8,11,16-17,19,23H,9-10,12-15H2,1-2H3,(H,22,25,26). The van der Waals surface area contributed by atoms with Crippen molar-refractivity contribution in [3.63, 3.8) is 0 Å². The maximum atomic E-state index is 12.0. The van der Waals surface area contributed by atoms with Crippen molar-refractivity contribution < 1.29 is 18.5 Å². The molecule has 2 heterocycles. The fourth-order valence-corrected chi connectivity index (χ4v) is 4.65. The van der Waals surface area contributed by atoms with Crippen LogP contribution < -0.4 is 20.9 Å². The first-order valence-electron chi connectivity index (χ1n) is 10.4. The smallest absolute Gasteiger partial charge is 0.328 e. The van der Waals surface area contributed by atoms with Gasteiger partial charge in [-0.1, -0.05) is 18.2 Å². The number of para-hydroxylation sites is 1. The Kier molecular flexibility index (Phi) is 9.24. The molecule has 9 nitrogen and oxygen atoms in total. The SMILES string of the molecule is COC(COP(NC1CCOCC1)Oc1ccccc1)CC(C)n1ccc(=O)[nH]c1=O. The minimum absolute atomic E-state index is 0.178. The summed E-state index contributed by atoms with van der Waals surface area (Å²) >= 11 is 0. The lowest BCUT2D eigenvalue weighted by Gasteiger charge is -2.28. The van der Waals surface area contributed by atoms with Gasteiger partial charge in [-0.25, -0.2) is 9.88 Å². The van der Waals surface area contributed by atoms with Gasteiger partial charge in [0, 0.05) is 44.7 Å². The Morgan fingerprint density at radius 1 is 1.23 bits per heavy atom. The van der Waals surface area contributed by atoms with Gasteiger partial charge >= 0.3 is 14.2 Å². The van der Waals surface area contributed by atoms with Gasteiger partial charge in [0.05, 0.1) is 12.7 Å². The molecule has 0 spiro atoms. The Labute approximate surface area is 182 Å². The topological polar surface area (TPSA) is 104 Å². The van der Waals surface area contributed by atoms with E-state index in [9.17, 15) is 9.59 Å². The summed E-state index contributed by atoms with van der Waals surface area (Å²) in [5, 5.41) is 3.47. The number of aromatic amines is 1. The molecule has 1 aromatic heterocycles. The number of H-pyrrole nitrogens is 1. The molecule has 1 aliphatic heterocycles. The Morgan fingerprint density at radius 3 is 2.65 bits per heavy atom. The summed E-state index contributed by atoms with van der Waals surface area (Å²) in [7, 11) is 0.224. The molecular weight excluding hydrogens is 421 g/mol. The average Bonchev–Trinajstić information content (AvgIpc) is 2.77. The normalized spacial score (nSPS) is 17.7. The highest BCUT2D eigenvalue weighted by Crippen LogP contribution is 2.37. The molecule has 0 aliphatic carbocycles. The summed E-state index contributed by atoms with van der Waals surface area (Å²) in [6.45, 7) is 3.64. The second kappa shape index (κ2) is 12.1. The molecule has 2 aromatic rings. The van der Waals surface area contributed by atoms with E-state index >= 15 is 0 Å². The van der Waals surface area contributed by atoms with Gasteiger partial charge in [-0.2, -0.15) is 0 Å². The van der Waals surface area contributed by atoms with Crippen LogP contribution in [-0.2, 0) is 14.0 Å². The van der Waals surface area contributed by atoms with E-state index in [0.29, 0.717) is 13.0 Å². The number of hydrogen-bond donors (Lipinski definition) is 2. The van der Waals surface area contributed by atoms with Crippen LogP contribution in [0.3, 0.4) is 0 Å². The first kappa shape index (κ1) is 23.6. The summed E-state index contributed by atoms with van der Waals surface area (Å²) in [6, 6.07) is 11.0. The maximum Gasteiger partial charge on any atom is 0.328 e. The van der Waals surface area contributed by atoms with Crippen molar-refractivity contribution in [2.75, 3.05) is 26.9 Å². The zero-order chi connectivity index (χ0) is 22.1. The van der Waals surface area contributed by atoms with Crippen molar-refractivity contribution in [1.29, 1.82) is 0 Å². The number of ether oxygens (including phenoxy) is 2. The number of hydrogen-bond acceptors (Lipinski definition) is 7. The molecule has 1 aromatic carbocycles. The molecule has 170 valence electrons. The molecule has 1 fully saturated rings. The molecule has 1 aliphatic rings. The van der Waals surface area contributed by atoms with Gasteiger partial charge in [0.25, 0.3) is 5.56 Å². The molecule has 31 heavy (non-hydrogen) atoms. The first-order valence-corrected chi connectivity index (χ1v) is 11.6. The molecule has 1 saturated heterocycles. The minimum atomic E-state index is -1.39. The predicted octanol–water partition coefficient (Wildman–Crippen LogP) is 2.59. The molecule has 2 N–H and O–H groups in total. The number of benzene rings is 1. The first-order chi connectivity index (χ1) is 15.0. The highest BCUT2D eigenvalue weighted by molar-refractivity contribution is 7.45. The average molecular weight is 451 g/mol. The maximum absolute atomic E-state index is 12.0. The Balaban J connectivity index is 1.60. The molecule has 3 unspecified atom stereocenters. The van der Waals surface area contributed by atoms with E-state index in [0.717, 1.165) is 31.8 Å². The Morgan fingerprint density at radius 2 is 1.97 bits per heavy atom. The third-order valence-electron chi connectivity index (χ3n) is 5.08. The lowest BCUT2D eigenvalue weighted by Crippen LogP contribution is -2.34. The van der Waals surface area contributed by atoms with E-state index < -0.39 is 19.8 Å². The third-order valence-corrected chi connectivity index (χ3v) is 6.42. The van der Waals surface area contributed by atoms with Gasteiger partial charge in [-0.05, 0) is 38.3 Å². The van der Waals surface area contributed by atoms with Gasteiger partial charge in [0.1, 0.15) is 5.75 Å². The lowest BCUT2D eigenvalue weighted by molar-refractivity contribution is 0.0415. The fourth-order valence-electron chi connectivity index (χ4n) is 3.29. The molecule has 3 atom stereocenters. The van der Waals surface area contributed by atoms with Gasteiger partial charge in [0.2, 0.25) is 0 Å². The van der Waals surface area contributed by atoms with Crippen molar-refractivity contribution in [1.82, 2.24) is 14.6 Å². The molecule has 0 amide bonds. The van der Waals surface area contributed by atoms with Gasteiger partial charge < -0.3 is 18.5 Å². The number of rotatable bonds is 11. The second-order valence-corrected chi connectivity index (χ2v) is 8.65. The Bertz CT molecular complexity index is 900. The zero-order valence-electron chi connectivity index (χ0n) is 17.9. The number of nitrogens with zero attached hydrogens (tertiary/aromatic N) is 1. The summed E-state index contributed by atoms with van der Waals surface area (Å²) in [4.78, 5) is 25.6. The minimum Gasteiger partial charge on any atom is -0.436 e. The van der Waals surface area contributed by atoms with E-state index in [1.165, 1.54) is 16.8 Å². The van der Waals surface area contributed by atoms with E-state index in [1.807, 2.05) is 37.3 Å². The number of aromatic nitrogens is 2. The van der Waals surface area contributed by atoms with Crippen LogP contribution >= 0.6 is 8.53 Å². The van der Waals surface area contributed by atoms with Crippen LogP contribution in [0.15, 0.2) is 52.2 Å². The Hall–Kier alpha value is -2.03. The number of methoxy groups -OCH3 is 1.